The Balaban J connectivity index is 1.33. The van der Waals surface area contributed by atoms with Crippen molar-refractivity contribution in [2.75, 3.05) is 29.9 Å². The number of fused-ring (bicyclic) bond motifs is 2. The number of H-pyrrole nitrogens is 1. The van der Waals surface area contributed by atoms with Crippen molar-refractivity contribution in [2.24, 2.45) is 0 Å². The zero-order chi connectivity index (χ0) is 19.4. The highest BCUT2D eigenvalue weighted by Crippen LogP contribution is 2.38. The number of halogens is 1. The van der Waals surface area contributed by atoms with E-state index in [2.05, 4.69) is 46.5 Å². The molecule has 1 spiro atoms. The number of hydrogen-bond donors (Lipinski definition) is 3. The molecule has 1 saturated carbocycles. The Morgan fingerprint density at radius 1 is 1.17 bits per heavy atom. The van der Waals surface area contributed by atoms with Gasteiger partial charge in [-0.3, -0.25) is 0 Å². The van der Waals surface area contributed by atoms with Crippen LogP contribution in [0.5, 0.6) is 0 Å². The zero-order valence-corrected chi connectivity index (χ0v) is 17.3. The Hall–Kier alpha value is -2.72. The summed E-state index contributed by atoms with van der Waals surface area (Å²) in [5, 5.41) is 11.4. The van der Waals surface area contributed by atoms with E-state index in [1.807, 2.05) is 24.3 Å². The summed E-state index contributed by atoms with van der Waals surface area (Å²) in [7, 11) is 0. The van der Waals surface area contributed by atoms with Crippen LogP contribution in [0.3, 0.4) is 0 Å². The largest absolute Gasteiger partial charge is 0.347 e. The molecule has 1 aliphatic heterocycles. The lowest BCUT2D eigenvalue weighted by molar-refractivity contribution is 0.438. The second-order valence-corrected chi connectivity index (χ2v) is 8.61. The molecule has 29 heavy (non-hydrogen) atoms. The molecular formula is C19H20BrN9. The predicted molar refractivity (Wildman–Crippen MR) is 114 cm³/mol. The smallest absolute Gasteiger partial charge is 0.230 e. The van der Waals surface area contributed by atoms with E-state index >= 15 is 0 Å². The molecule has 4 heterocycles. The average Bonchev–Trinajstić information content (AvgIpc) is 3.18. The third-order valence-corrected chi connectivity index (χ3v) is 6.24. The van der Waals surface area contributed by atoms with Crippen LogP contribution in [0.2, 0.25) is 0 Å². The van der Waals surface area contributed by atoms with E-state index in [0.29, 0.717) is 12.5 Å². The van der Waals surface area contributed by atoms with Gasteiger partial charge < -0.3 is 20.5 Å². The zero-order valence-electron chi connectivity index (χ0n) is 15.7. The fraction of sp³-hybridized carbons (Fsp3) is 0.368. The molecule has 0 bridgehead atoms. The first-order valence-corrected chi connectivity index (χ1v) is 10.6. The number of para-hydroxylation sites is 2. The predicted octanol–water partition coefficient (Wildman–Crippen LogP) is 2.32. The standard InChI is InChI=1S/C19H20BrN9/c20-12-9-23-29-16(12)26-18(28-8-7-22-19(11-28)5-6-19)27-17(29)21-10-15-24-13-3-1-2-4-14(13)25-15/h1-4,9,22H,5-8,10-11H2,(H,24,25)(H,21,26,27). The monoisotopic (exact) mass is 453 g/mol. The van der Waals surface area contributed by atoms with Crippen molar-refractivity contribution in [1.82, 2.24) is 34.9 Å². The molecule has 3 aromatic heterocycles. The highest BCUT2D eigenvalue weighted by atomic mass is 79.9. The third-order valence-electron chi connectivity index (χ3n) is 5.68. The molecule has 2 fully saturated rings. The van der Waals surface area contributed by atoms with Gasteiger partial charge in [0.05, 0.1) is 28.2 Å². The summed E-state index contributed by atoms with van der Waals surface area (Å²) in [6.07, 6.45) is 4.19. The average molecular weight is 454 g/mol. The Labute approximate surface area is 175 Å². The SMILES string of the molecule is Brc1cnn2c(NCc3nc4ccccc4[nH]3)nc(N3CCNC4(CC4)C3)nc12. The topological polar surface area (TPSA) is 99.1 Å². The van der Waals surface area contributed by atoms with Crippen LogP contribution in [-0.2, 0) is 6.54 Å². The van der Waals surface area contributed by atoms with Crippen LogP contribution in [0.25, 0.3) is 16.7 Å². The van der Waals surface area contributed by atoms with E-state index < -0.39 is 0 Å². The number of nitrogens with one attached hydrogen (secondary N) is 3. The molecule has 0 atom stereocenters. The maximum atomic E-state index is 4.81. The normalized spacial score (nSPS) is 18.0. The van der Waals surface area contributed by atoms with Gasteiger partial charge in [-0.15, -0.1) is 0 Å². The van der Waals surface area contributed by atoms with E-state index in [-0.39, 0.29) is 5.54 Å². The highest BCUT2D eigenvalue weighted by Gasteiger charge is 2.46. The fourth-order valence-electron chi connectivity index (χ4n) is 3.96. The van der Waals surface area contributed by atoms with Crippen molar-refractivity contribution in [3.05, 3.63) is 40.8 Å². The minimum Gasteiger partial charge on any atom is -0.347 e. The van der Waals surface area contributed by atoms with E-state index in [4.69, 9.17) is 9.97 Å². The number of nitrogens with zero attached hydrogens (tertiary/aromatic N) is 6. The summed E-state index contributed by atoms with van der Waals surface area (Å²) in [4.78, 5) is 19.8. The minimum atomic E-state index is 0.257. The second-order valence-electron chi connectivity index (χ2n) is 7.76. The van der Waals surface area contributed by atoms with Gasteiger partial charge >= 0.3 is 0 Å². The van der Waals surface area contributed by atoms with Gasteiger partial charge in [0.15, 0.2) is 5.65 Å². The molecule has 4 aromatic rings. The second kappa shape index (κ2) is 6.39. The van der Waals surface area contributed by atoms with E-state index in [1.165, 1.54) is 12.8 Å². The van der Waals surface area contributed by atoms with Gasteiger partial charge in [0.2, 0.25) is 11.9 Å². The molecule has 2 aliphatic rings. The van der Waals surface area contributed by atoms with Crippen LogP contribution in [-0.4, -0.2) is 54.7 Å². The van der Waals surface area contributed by atoms with Gasteiger partial charge in [-0.1, -0.05) is 12.1 Å². The number of rotatable bonds is 4. The third kappa shape index (κ3) is 3.03. The number of aromatic nitrogens is 6. The molecule has 6 rings (SSSR count). The van der Waals surface area contributed by atoms with Crippen LogP contribution >= 0.6 is 15.9 Å². The van der Waals surface area contributed by atoms with Crippen molar-refractivity contribution in [2.45, 2.75) is 24.9 Å². The van der Waals surface area contributed by atoms with Crippen LogP contribution in [0.4, 0.5) is 11.9 Å². The number of piperazine rings is 1. The van der Waals surface area contributed by atoms with Gasteiger partial charge in [-0.25, -0.2) is 4.98 Å². The molecule has 0 amide bonds. The van der Waals surface area contributed by atoms with Crippen LogP contribution in [0.1, 0.15) is 18.7 Å². The molecular weight excluding hydrogens is 434 g/mol. The lowest BCUT2D eigenvalue weighted by Crippen LogP contribution is -2.53. The summed E-state index contributed by atoms with van der Waals surface area (Å²) in [6.45, 7) is 3.31. The van der Waals surface area contributed by atoms with Crippen molar-refractivity contribution in [1.29, 1.82) is 0 Å². The molecule has 9 nitrogen and oxygen atoms in total. The lowest BCUT2D eigenvalue weighted by Gasteiger charge is -2.34. The number of hydrogen-bond acceptors (Lipinski definition) is 7. The van der Waals surface area contributed by atoms with Crippen molar-refractivity contribution in [3.8, 4) is 0 Å². The molecule has 0 unspecified atom stereocenters. The summed E-state index contributed by atoms with van der Waals surface area (Å²) in [5.41, 5.74) is 2.99. The Kier molecular flexibility index (Phi) is 3.78. The van der Waals surface area contributed by atoms with Gasteiger partial charge in [0.1, 0.15) is 5.82 Å². The quantitative estimate of drug-likeness (QED) is 0.435. The number of imidazole rings is 1. The first kappa shape index (κ1) is 17.2. The van der Waals surface area contributed by atoms with E-state index in [1.54, 1.807) is 10.7 Å². The van der Waals surface area contributed by atoms with E-state index in [9.17, 15) is 0 Å². The number of benzene rings is 1. The molecule has 1 saturated heterocycles. The van der Waals surface area contributed by atoms with Crippen molar-refractivity contribution in [3.63, 3.8) is 0 Å². The van der Waals surface area contributed by atoms with Gasteiger partial charge in [0, 0.05) is 25.2 Å². The maximum Gasteiger partial charge on any atom is 0.230 e. The lowest BCUT2D eigenvalue weighted by atomic mass is 10.2. The van der Waals surface area contributed by atoms with Crippen LogP contribution in [0.15, 0.2) is 34.9 Å². The minimum absolute atomic E-state index is 0.257. The molecule has 10 heteroatoms. The molecule has 148 valence electrons. The molecule has 0 radical (unpaired) electrons. The maximum absolute atomic E-state index is 4.81. The molecule has 1 aliphatic carbocycles. The Morgan fingerprint density at radius 2 is 2.07 bits per heavy atom. The fourth-order valence-corrected chi connectivity index (χ4v) is 4.31. The van der Waals surface area contributed by atoms with Crippen molar-refractivity contribution >= 4 is 44.5 Å². The van der Waals surface area contributed by atoms with Crippen molar-refractivity contribution < 1.29 is 0 Å². The summed E-state index contributed by atoms with van der Waals surface area (Å²) in [6, 6.07) is 8.01. The van der Waals surface area contributed by atoms with Crippen LogP contribution < -0.4 is 15.5 Å². The van der Waals surface area contributed by atoms with Crippen LogP contribution in [0, 0.1) is 0 Å². The van der Waals surface area contributed by atoms with E-state index in [0.717, 1.165) is 52.6 Å². The Morgan fingerprint density at radius 3 is 2.93 bits per heavy atom. The molecule has 1 aromatic carbocycles. The summed E-state index contributed by atoms with van der Waals surface area (Å²) >= 11 is 3.56. The highest BCUT2D eigenvalue weighted by molar-refractivity contribution is 9.10. The summed E-state index contributed by atoms with van der Waals surface area (Å²) in [5.74, 6) is 2.24. The first-order chi connectivity index (χ1) is 14.2. The summed E-state index contributed by atoms with van der Waals surface area (Å²) < 4.78 is 2.58. The van der Waals surface area contributed by atoms with Gasteiger partial charge in [-0.05, 0) is 40.9 Å². The number of aromatic amines is 1. The van der Waals surface area contributed by atoms with Gasteiger partial charge in [-0.2, -0.15) is 19.6 Å². The number of anilines is 2. The Bertz CT molecular complexity index is 1180. The first-order valence-electron chi connectivity index (χ1n) is 9.78. The van der Waals surface area contributed by atoms with Gasteiger partial charge in [0.25, 0.3) is 0 Å². The molecule has 3 N–H and O–H groups in total.